The molecule has 0 unspecified atom stereocenters. The van der Waals surface area contributed by atoms with E-state index in [4.69, 9.17) is 9.47 Å². The van der Waals surface area contributed by atoms with Crippen molar-refractivity contribution in [3.8, 4) is 11.5 Å². The maximum Gasteiger partial charge on any atom is 0.311 e. The summed E-state index contributed by atoms with van der Waals surface area (Å²) >= 11 is 0. The molecule has 298 valence electrons. The first-order valence-corrected chi connectivity index (χ1v) is 20.2. The zero-order chi connectivity index (χ0) is 41.5. The van der Waals surface area contributed by atoms with E-state index in [2.05, 4.69) is 155 Å². The van der Waals surface area contributed by atoms with Crippen LogP contribution in [-0.4, -0.2) is 18.9 Å². The van der Waals surface area contributed by atoms with Gasteiger partial charge < -0.3 is 24.1 Å². The van der Waals surface area contributed by atoms with Crippen LogP contribution in [0.4, 0.5) is 34.1 Å². The molecule has 0 saturated carbocycles. The number of rotatable bonds is 17. The summed E-state index contributed by atoms with van der Waals surface area (Å²) in [6.45, 7) is 1.57. The van der Waals surface area contributed by atoms with Crippen molar-refractivity contribution in [2.75, 3.05) is 16.9 Å². The Morgan fingerprint density at radius 1 is 0.417 bits per heavy atom. The van der Waals surface area contributed by atoms with E-state index < -0.39 is 0 Å². The molecule has 0 aliphatic heterocycles. The zero-order valence-electron chi connectivity index (χ0n) is 34.0. The number of hydrogen-bond acceptors (Lipinski definition) is 6. The van der Waals surface area contributed by atoms with E-state index in [1.807, 2.05) is 60.7 Å². The Balaban J connectivity index is 0.978. The highest BCUT2D eigenvalue weighted by Gasteiger charge is 2.14. The molecular weight excluding hydrogens is 741 g/mol. The van der Waals surface area contributed by atoms with Crippen LogP contribution in [0.5, 0.6) is 11.5 Å². The molecule has 6 nitrogen and oxygen atoms in total. The summed E-state index contributed by atoms with van der Waals surface area (Å²) in [5.74, 6) is 1.17. The number of hydrogen-bond donors (Lipinski definition) is 0. The van der Waals surface area contributed by atoms with E-state index >= 15 is 0 Å². The van der Waals surface area contributed by atoms with Gasteiger partial charge in [0.1, 0.15) is 17.3 Å². The molecule has 0 atom stereocenters. The standard InChI is InChI=1S/C54H48N2O4/c1-41(57)11-9-10-16-54(58)60-53-39-35-51(36-40-53)56(47-14-7-4-8-15-47)49-31-27-45(28-32-49)24-22-43-19-17-42(18-20-43)21-23-44-25-29-48(30-26-44)55(46-12-5-3-6-13-46)50-33-37-52(59-2)38-34-50/h3-8,12-15,17-40H,9-11,16H2,1-2H3/b23-21+,24-22+. The Labute approximate surface area is 353 Å². The van der Waals surface area contributed by atoms with Gasteiger partial charge in [-0.3, -0.25) is 4.79 Å². The van der Waals surface area contributed by atoms with Crippen LogP contribution >= 0.6 is 0 Å². The summed E-state index contributed by atoms with van der Waals surface area (Å²) in [4.78, 5) is 27.9. The number of ether oxygens (including phenoxy) is 2. The average Bonchev–Trinajstić information content (AvgIpc) is 3.29. The first kappa shape index (κ1) is 40.7. The zero-order valence-corrected chi connectivity index (χ0v) is 34.0. The lowest BCUT2D eigenvalue weighted by Gasteiger charge is -2.25. The number of ketones is 1. The second-order valence-electron chi connectivity index (χ2n) is 14.4. The summed E-state index contributed by atoms with van der Waals surface area (Å²) in [5, 5.41) is 0. The minimum absolute atomic E-state index is 0.136. The van der Waals surface area contributed by atoms with E-state index in [0.717, 1.165) is 62.1 Å². The molecule has 0 bridgehead atoms. The molecule has 7 aromatic carbocycles. The molecule has 0 N–H and O–H groups in total. The lowest BCUT2D eigenvalue weighted by molar-refractivity contribution is -0.134. The van der Waals surface area contributed by atoms with Crippen LogP contribution in [0.25, 0.3) is 24.3 Å². The monoisotopic (exact) mass is 788 g/mol. The predicted molar refractivity (Wildman–Crippen MR) is 248 cm³/mol. The highest BCUT2D eigenvalue weighted by atomic mass is 16.5. The van der Waals surface area contributed by atoms with Crippen molar-refractivity contribution in [1.29, 1.82) is 0 Å². The maximum absolute atomic E-state index is 12.4. The highest BCUT2D eigenvalue weighted by molar-refractivity contribution is 5.81. The molecular formula is C54H48N2O4. The Kier molecular flexibility index (Phi) is 13.8. The second kappa shape index (κ2) is 20.3. The summed E-state index contributed by atoms with van der Waals surface area (Å²) in [5.41, 5.74) is 10.6. The number of methoxy groups -OCH3 is 1. The first-order chi connectivity index (χ1) is 29.4. The molecule has 0 fully saturated rings. The van der Waals surface area contributed by atoms with E-state index in [-0.39, 0.29) is 18.2 Å². The van der Waals surface area contributed by atoms with E-state index in [1.54, 1.807) is 14.0 Å². The van der Waals surface area contributed by atoms with Gasteiger partial charge >= 0.3 is 5.97 Å². The van der Waals surface area contributed by atoms with Crippen molar-refractivity contribution < 1.29 is 19.1 Å². The smallest absolute Gasteiger partial charge is 0.311 e. The van der Waals surface area contributed by atoms with E-state index in [0.29, 0.717) is 25.0 Å². The molecule has 0 aliphatic carbocycles. The number of esters is 1. The number of Topliss-reactive ketones (excluding diaryl/α,β-unsaturated/α-hetero) is 1. The quantitative estimate of drug-likeness (QED) is 0.0396. The van der Waals surface area contributed by atoms with Crippen LogP contribution in [0.2, 0.25) is 0 Å². The molecule has 7 rings (SSSR count). The van der Waals surface area contributed by atoms with Crippen LogP contribution in [0, 0.1) is 0 Å². The molecule has 0 saturated heterocycles. The second-order valence-corrected chi connectivity index (χ2v) is 14.4. The first-order valence-electron chi connectivity index (χ1n) is 20.2. The van der Waals surface area contributed by atoms with Gasteiger partial charge in [0.2, 0.25) is 0 Å². The summed E-state index contributed by atoms with van der Waals surface area (Å²) in [6, 6.07) is 61.8. The Morgan fingerprint density at radius 2 is 0.733 bits per heavy atom. The van der Waals surface area contributed by atoms with E-state index in [9.17, 15) is 9.59 Å². The van der Waals surface area contributed by atoms with Gasteiger partial charge in [-0.15, -0.1) is 0 Å². The Hall–Kier alpha value is -7.44. The minimum Gasteiger partial charge on any atom is -0.497 e. The van der Waals surface area contributed by atoms with Crippen LogP contribution in [0.15, 0.2) is 182 Å². The molecule has 0 amide bonds. The third-order valence-corrected chi connectivity index (χ3v) is 10.0. The van der Waals surface area contributed by atoms with Crippen LogP contribution in [0.3, 0.4) is 0 Å². The van der Waals surface area contributed by atoms with Crippen molar-refractivity contribution in [2.45, 2.75) is 32.6 Å². The molecule has 0 aromatic heterocycles. The fraction of sp³-hybridized carbons (Fsp3) is 0.111. The number of nitrogens with zero attached hydrogens (tertiary/aromatic N) is 2. The summed E-state index contributed by atoms with van der Waals surface area (Å²) < 4.78 is 11.0. The molecule has 60 heavy (non-hydrogen) atoms. The Bertz CT molecular complexity index is 2500. The van der Waals surface area contributed by atoms with Gasteiger partial charge in [0, 0.05) is 47.0 Å². The van der Waals surface area contributed by atoms with Crippen LogP contribution in [-0.2, 0) is 9.59 Å². The largest absolute Gasteiger partial charge is 0.497 e. The summed E-state index contributed by atoms with van der Waals surface area (Å²) in [7, 11) is 1.68. The molecule has 0 spiro atoms. The van der Waals surface area contributed by atoms with Gasteiger partial charge in [-0.1, -0.05) is 109 Å². The average molecular weight is 789 g/mol. The third-order valence-electron chi connectivity index (χ3n) is 10.0. The van der Waals surface area contributed by atoms with Gasteiger partial charge in [-0.25, -0.2) is 0 Å². The maximum atomic E-state index is 12.4. The van der Waals surface area contributed by atoms with Gasteiger partial charge in [0.25, 0.3) is 0 Å². The number of anilines is 6. The summed E-state index contributed by atoms with van der Waals surface area (Å²) in [6.07, 6.45) is 10.6. The normalized spacial score (nSPS) is 11.1. The van der Waals surface area contributed by atoms with Gasteiger partial charge in [-0.05, 0) is 139 Å². The molecule has 0 radical (unpaired) electrons. The molecule has 0 aliphatic rings. The number of para-hydroxylation sites is 2. The predicted octanol–water partition coefficient (Wildman–Crippen LogP) is 14.0. The fourth-order valence-electron chi connectivity index (χ4n) is 6.84. The number of carbonyl (C=O) groups excluding carboxylic acids is 2. The highest BCUT2D eigenvalue weighted by Crippen LogP contribution is 2.37. The Morgan fingerprint density at radius 3 is 1.10 bits per heavy atom. The van der Waals surface area contributed by atoms with Crippen molar-refractivity contribution in [2.24, 2.45) is 0 Å². The fourth-order valence-corrected chi connectivity index (χ4v) is 6.84. The van der Waals surface area contributed by atoms with E-state index in [1.165, 1.54) is 0 Å². The molecule has 6 heteroatoms. The van der Waals surface area contributed by atoms with Crippen LogP contribution < -0.4 is 19.3 Å². The number of carbonyl (C=O) groups is 2. The number of benzene rings is 7. The van der Waals surface area contributed by atoms with Crippen molar-refractivity contribution in [1.82, 2.24) is 0 Å². The molecule has 7 aromatic rings. The lowest BCUT2D eigenvalue weighted by atomic mass is 10.1. The number of unbranched alkanes of at least 4 members (excludes halogenated alkanes) is 1. The van der Waals surface area contributed by atoms with Gasteiger partial charge in [0.15, 0.2) is 0 Å². The van der Waals surface area contributed by atoms with Gasteiger partial charge in [0.05, 0.1) is 7.11 Å². The SMILES string of the molecule is COc1ccc(N(c2ccccc2)c2ccc(/C=C/c3ccc(/C=C/c4ccc(N(c5ccccc5)c5ccc(OC(=O)CCCCC(C)=O)cc5)cc4)cc3)cc2)cc1. The van der Waals surface area contributed by atoms with Gasteiger partial charge in [-0.2, -0.15) is 0 Å². The van der Waals surface area contributed by atoms with Crippen molar-refractivity contribution in [3.05, 3.63) is 204 Å². The minimum atomic E-state index is -0.293. The topological polar surface area (TPSA) is 59.1 Å². The van der Waals surface area contributed by atoms with Crippen LogP contribution in [0.1, 0.15) is 54.9 Å². The lowest BCUT2D eigenvalue weighted by Crippen LogP contribution is -2.10. The van der Waals surface area contributed by atoms with Crippen molar-refractivity contribution >= 4 is 70.2 Å². The molecule has 0 heterocycles. The van der Waals surface area contributed by atoms with Crippen molar-refractivity contribution in [3.63, 3.8) is 0 Å². The third kappa shape index (κ3) is 11.1.